The second-order valence-electron chi connectivity index (χ2n) is 5.36. The average molecular weight is 302 g/mol. The Labute approximate surface area is 133 Å². The van der Waals surface area contributed by atoms with E-state index in [1.165, 1.54) is 7.11 Å². The Balaban J connectivity index is 2.08. The highest BCUT2D eigenvalue weighted by atomic mass is 16.5. The zero-order valence-corrected chi connectivity index (χ0v) is 12.6. The Bertz CT molecular complexity index is 1010. The van der Waals surface area contributed by atoms with Gasteiger partial charge in [0.1, 0.15) is 11.3 Å². The van der Waals surface area contributed by atoms with Crippen LogP contribution in [0.4, 0.5) is 0 Å². The highest BCUT2D eigenvalue weighted by Crippen LogP contribution is 2.35. The number of ether oxygens (including phenoxy) is 1. The number of hydrogen-bond donors (Lipinski definition) is 0. The molecule has 0 bridgehead atoms. The van der Waals surface area contributed by atoms with Crippen molar-refractivity contribution in [1.82, 2.24) is 0 Å². The molecule has 0 radical (unpaired) electrons. The van der Waals surface area contributed by atoms with E-state index in [0.717, 1.165) is 27.5 Å². The number of rotatable bonds is 2. The van der Waals surface area contributed by atoms with Crippen LogP contribution >= 0.6 is 0 Å². The Morgan fingerprint density at radius 1 is 0.913 bits per heavy atom. The van der Waals surface area contributed by atoms with E-state index in [1.807, 2.05) is 66.7 Å². The molecule has 0 fully saturated rings. The number of fused-ring (bicyclic) bond motifs is 3. The van der Waals surface area contributed by atoms with Crippen LogP contribution in [-0.2, 0) is 4.74 Å². The minimum absolute atomic E-state index is 0.360. The maximum Gasteiger partial charge on any atom is 0.338 e. The molecule has 4 rings (SSSR count). The van der Waals surface area contributed by atoms with E-state index in [2.05, 4.69) is 0 Å². The third kappa shape index (κ3) is 2.18. The molecule has 0 atom stereocenters. The van der Waals surface area contributed by atoms with Crippen molar-refractivity contribution in [3.8, 4) is 11.3 Å². The van der Waals surface area contributed by atoms with Gasteiger partial charge in [-0.3, -0.25) is 0 Å². The van der Waals surface area contributed by atoms with Crippen LogP contribution in [0, 0.1) is 0 Å². The molecule has 112 valence electrons. The highest BCUT2D eigenvalue weighted by Gasteiger charge is 2.18. The van der Waals surface area contributed by atoms with Crippen molar-refractivity contribution in [2.24, 2.45) is 0 Å². The first-order valence-corrected chi connectivity index (χ1v) is 7.37. The molecule has 0 N–H and O–H groups in total. The molecular formula is C20H14O3. The molecule has 0 aliphatic rings. The summed E-state index contributed by atoms with van der Waals surface area (Å²) in [5, 5.41) is 2.71. The smallest absolute Gasteiger partial charge is 0.338 e. The Morgan fingerprint density at radius 2 is 1.65 bits per heavy atom. The van der Waals surface area contributed by atoms with Crippen molar-refractivity contribution in [3.63, 3.8) is 0 Å². The van der Waals surface area contributed by atoms with Crippen molar-refractivity contribution in [2.45, 2.75) is 0 Å². The topological polar surface area (TPSA) is 39.4 Å². The molecule has 0 amide bonds. The quantitative estimate of drug-likeness (QED) is 0.487. The number of esters is 1. The first-order valence-electron chi connectivity index (χ1n) is 7.37. The van der Waals surface area contributed by atoms with E-state index in [4.69, 9.17) is 9.15 Å². The Hall–Kier alpha value is -3.07. The van der Waals surface area contributed by atoms with Crippen LogP contribution in [0.3, 0.4) is 0 Å². The molecule has 23 heavy (non-hydrogen) atoms. The van der Waals surface area contributed by atoms with E-state index in [0.29, 0.717) is 11.1 Å². The maximum atomic E-state index is 12.2. The number of methoxy groups -OCH3 is 1. The van der Waals surface area contributed by atoms with Gasteiger partial charge in [0.2, 0.25) is 0 Å². The largest absolute Gasteiger partial charge is 0.465 e. The lowest BCUT2D eigenvalue weighted by Gasteiger charge is -2.04. The summed E-state index contributed by atoms with van der Waals surface area (Å²) in [7, 11) is 1.39. The van der Waals surface area contributed by atoms with Crippen molar-refractivity contribution in [2.75, 3.05) is 7.11 Å². The summed E-state index contributed by atoms with van der Waals surface area (Å²) in [5.74, 6) is 0.378. The molecule has 0 saturated carbocycles. The summed E-state index contributed by atoms with van der Waals surface area (Å²) in [6.07, 6.45) is 0. The second kappa shape index (κ2) is 5.29. The van der Waals surface area contributed by atoms with Gasteiger partial charge in [-0.1, -0.05) is 54.6 Å². The highest BCUT2D eigenvalue weighted by molar-refractivity contribution is 6.14. The summed E-state index contributed by atoms with van der Waals surface area (Å²) in [6.45, 7) is 0. The summed E-state index contributed by atoms with van der Waals surface area (Å²) >= 11 is 0. The molecule has 3 aromatic carbocycles. The Morgan fingerprint density at radius 3 is 2.43 bits per heavy atom. The fourth-order valence-electron chi connectivity index (χ4n) is 2.88. The van der Waals surface area contributed by atoms with Gasteiger partial charge < -0.3 is 9.15 Å². The van der Waals surface area contributed by atoms with Crippen LogP contribution in [0.2, 0.25) is 0 Å². The Kier molecular flexibility index (Phi) is 3.12. The second-order valence-corrected chi connectivity index (χ2v) is 5.36. The van der Waals surface area contributed by atoms with E-state index in [-0.39, 0.29) is 5.97 Å². The molecule has 4 aromatic rings. The maximum absolute atomic E-state index is 12.2. The molecule has 1 aromatic heterocycles. The average Bonchev–Trinajstić information content (AvgIpc) is 3.06. The van der Waals surface area contributed by atoms with Crippen molar-refractivity contribution >= 4 is 27.7 Å². The number of furan rings is 1. The van der Waals surface area contributed by atoms with E-state index in [1.54, 1.807) is 0 Å². The molecule has 0 saturated heterocycles. The van der Waals surface area contributed by atoms with Crippen LogP contribution in [0.15, 0.2) is 71.1 Å². The number of hydrogen-bond acceptors (Lipinski definition) is 3. The van der Waals surface area contributed by atoms with Gasteiger partial charge in [0.05, 0.1) is 12.7 Å². The third-order valence-corrected chi connectivity index (χ3v) is 3.99. The first kappa shape index (κ1) is 13.6. The number of benzene rings is 3. The normalized spacial score (nSPS) is 11.0. The van der Waals surface area contributed by atoms with Gasteiger partial charge in [-0.05, 0) is 17.5 Å². The van der Waals surface area contributed by atoms with Crippen LogP contribution < -0.4 is 0 Å². The zero-order valence-electron chi connectivity index (χ0n) is 12.6. The predicted molar refractivity (Wildman–Crippen MR) is 90.5 cm³/mol. The zero-order chi connectivity index (χ0) is 15.8. The molecule has 1 heterocycles. The summed E-state index contributed by atoms with van der Waals surface area (Å²) in [5.41, 5.74) is 2.21. The standard InChI is InChI=1S/C20H14O3/c1-22-20(21)17-11-14-9-5-6-10-15(14)19-16(17)12-18(23-19)13-7-3-2-4-8-13/h2-12H,1H3. The summed E-state index contributed by atoms with van der Waals surface area (Å²) < 4.78 is 11.0. The molecule has 0 spiro atoms. The summed E-state index contributed by atoms with van der Waals surface area (Å²) in [4.78, 5) is 12.2. The van der Waals surface area contributed by atoms with Gasteiger partial charge in [0, 0.05) is 16.3 Å². The van der Waals surface area contributed by atoms with Crippen molar-refractivity contribution in [1.29, 1.82) is 0 Å². The van der Waals surface area contributed by atoms with Crippen LogP contribution in [0.25, 0.3) is 33.1 Å². The first-order chi connectivity index (χ1) is 11.3. The van der Waals surface area contributed by atoms with Gasteiger partial charge in [-0.15, -0.1) is 0 Å². The molecule has 3 heteroatoms. The third-order valence-electron chi connectivity index (χ3n) is 3.99. The van der Waals surface area contributed by atoms with Gasteiger partial charge in [-0.25, -0.2) is 4.79 Å². The van der Waals surface area contributed by atoms with Crippen molar-refractivity contribution < 1.29 is 13.9 Å². The fraction of sp³-hybridized carbons (Fsp3) is 0.0500. The van der Waals surface area contributed by atoms with Gasteiger partial charge in [0.25, 0.3) is 0 Å². The molecular weight excluding hydrogens is 288 g/mol. The molecule has 0 unspecified atom stereocenters. The fourth-order valence-corrected chi connectivity index (χ4v) is 2.88. The van der Waals surface area contributed by atoms with Gasteiger partial charge in [0.15, 0.2) is 0 Å². The van der Waals surface area contributed by atoms with Crippen molar-refractivity contribution in [3.05, 3.63) is 72.3 Å². The van der Waals surface area contributed by atoms with Crippen LogP contribution in [0.1, 0.15) is 10.4 Å². The SMILES string of the molecule is COC(=O)c1cc2ccccc2c2oc(-c3ccccc3)cc12. The van der Waals surface area contributed by atoms with Gasteiger partial charge in [-0.2, -0.15) is 0 Å². The lowest BCUT2D eigenvalue weighted by molar-refractivity contribution is 0.0603. The molecule has 3 nitrogen and oxygen atoms in total. The minimum atomic E-state index is -0.360. The number of carbonyl (C=O) groups excluding carboxylic acids is 1. The summed E-state index contributed by atoms with van der Waals surface area (Å²) in [6, 6.07) is 21.5. The van der Waals surface area contributed by atoms with Crippen LogP contribution in [-0.4, -0.2) is 13.1 Å². The van der Waals surface area contributed by atoms with E-state index < -0.39 is 0 Å². The molecule has 0 aliphatic heterocycles. The lowest BCUT2D eigenvalue weighted by atomic mass is 10.0. The van der Waals surface area contributed by atoms with E-state index in [9.17, 15) is 4.79 Å². The number of carbonyl (C=O) groups is 1. The minimum Gasteiger partial charge on any atom is -0.465 e. The predicted octanol–water partition coefficient (Wildman–Crippen LogP) is 5.04. The molecule has 0 aliphatic carbocycles. The monoisotopic (exact) mass is 302 g/mol. The van der Waals surface area contributed by atoms with E-state index >= 15 is 0 Å². The lowest BCUT2D eigenvalue weighted by Crippen LogP contribution is -2.01. The van der Waals surface area contributed by atoms with Gasteiger partial charge >= 0.3 is 5.97 Å². The van der Waals surface area contributed by atoms with Crippen LogP contribution in [0.5, 0.6) is 0 Å².